The summed E-state index contributed by atoms with van der Waals surface area (Å²) in [6.45, 7) is 10.6. The molecule has 0 heterocycles. The lowest BCUT2D eigenvalue weighted by molar-refractivity contribution is -0.142. The van der Waals surface area contributed by atoms with Gasteiger partial charge in [0.1, 0.15) is 5.78 Å². The van der Waals surface area contributed by atoms with E-state index in [1.165, 1.54) is 7.11 Å². The van der Waals surface area contributed by atoms with Crippen LogP contribution in [0.1, 0.15) is 33.6 Å². The van der Waals surface area contributed by atoms with Crippen LogP contribution in [-0.2, 0) is 18.8 Å². The Labute approximate surface area is 125 Å². The van der Waals surface area contributed by atoms with Crippen molar-refractivity contribution in [3.63, 3.8) is 0 Å². The first kappa shape index (κ1) is 18.8. The molecule has 0 N–H and O–H groups in total. The van der Waals surface area contributed by atoms with E-state index in [1.807, 2.05) is 0 Å². The van der Waals surface area contributed by atoms with Crippen LogP contribution in [0.25, 0.3) is 0 Å². The Morgan fingerprint density at radius 1 is 1.21 bits per heavy atom. The zero-order valence-corrected chi connectivity index (χ0v) is 15.3. The fraction of sp³-hybridized carbons (Fsp3) is 0.846. The molecule has 6 heteroatoms. The average Bonchev–Trinajstić information content (AvgIpc) is 2.26. The fourth-order valence-electron chi connectivity index (χ4n) is 1.33. The van der Waals surface area contributed by atoms with E-state index < -0.39 is 14.4 Å². The number of halogens is 1. The van der Waals surface area contributed by atoms with Gasteiger partial charge in [-0.3, -0.25) is 9.59 Å². The SMILES string of the molecule is COC(=O)C[C@@H](CC(=O)CBr)O[Si](C)(C)C(C)(C)C. The normalized spacial score (nSPS) is 14.1. The number of rotatable bonds is 7. The first-order valence-electron chi connectivity index (χ1n) is 6.35. The van der Waals surface area contributed by atoms with Gasteiger partial charge in [0, 0.05) is 6.42 Å². The lowest BCUT2D eigenvalue weighted by Gasteiger charge is -2.39. The molecule has 0 aliphatic carbocycles. The number of hydrogen-bond donors (Lipinski definition) is 0. The third-order valence-electron chi connectivity index (χ3n) is 3.49. The van der Waals surface area contributed by atoms with E-state index >= 15 is 0 Å². The van der Waals surface area contributed by atoms with Gasteiger partial charge in [-0.05, 0) is 18.1 Å². The Bertz CT molecular complexity index is 305. The van der Waals surface area contributed by atoms with Crippen LogP contribution in [0.2, 0.25) is 18.1 Å². The highest BCUT2D eigenvalue weighted by molar-refractivity contribution is 9.09. The van der Waals surface area contributed by atoms with Crippen molar-refractivity contribution in [1.29, 1.82) is 0 Å². The zero-order chi connectivity index (χ0) is 15.3. The number of hydrogen-bond acceptors (Lipinski definition) is 4. The molecule has 0 aliphatic rings. The first-order valence-corrected chi connectivity index (χ1v) is 10.4. The summed E-state index contributed by atoms with van der Waals surface area (Å²) in [6, 6.07) is 0. The van der Waals surface area contributed by atoms with Crippen molar-refractivity contribution in [1.82, 2.24) is 0 Å². The maximum absolute atomic E-state index is 11.6. The molecule has 4 nitrogen and oxygen atoms in total. The minimum absolute atomic E-state index is 0.0348. The second-order valence-corrected chi connectivity index (χ2v) is 11.5. The van der Waals surface area contributed by atoms with Crippen LogP contribution in [0, 0.1) is 0 Å². The Morgan fingerprint density at radius 2 is 1.74 bits per heavy atom. The molecule has 19 heavy (non-hydrogen) atoms. The van der Waals surface area contributed by atoms with Crippen LogP contribution in [0.4, 0.5) is 0 Å². The quantitative estimate of drug-likeness (QED) is 0.400. The number of ketones is 1. The maximum atomic E-state index is 11.6. The number of esters is 1. The summed E-state index contributed by atoms with van der Waals surface area (Å²) in [6.07, 6.45) is -0.0207. The van der Waals surface area contributed by atoms with E-state index in [0.29, 0.717) is 0 Å². The lowest BCUT2D eigenvalue weighted by atomic mass is 10.1. The molecule has 0 radical (unpaired) electrons. The minimum Gasteiger partial charge on any atom is -0.469 e. The molecule has 0 saturated carbocycles. The molecule has 0 amide bonds. The second-order valence-electron chi connectivity index (χ2n) is 6.16. The first-order chi connectivity index (χ1) is 8.53. The minimum atomic E-state index is -2.00. The summed E-state index contributed by atoms with van der Waals surface area (Å²) in [5.74, 6) is -0.307. The molecule has 1 atom stereocenters. The third-order valence-corrected chi connectivity index (χ3v) is 8.65. The highest BCUT2D eigenvalue weighted by Gasteiger charge is 2.39. The van der Waals surface area contributed by atoms with Gasteiger partial charge >= 0.3 is 5.97 Å². The van der Waals surface area contributed by atoms with Crippen molar-refractivity contribution in [2.75, 3.05) is 12.4 Å². The zero-order valence-electron chi connectivity index (χ0n) is 12.7. The fourth-order valence-corrected chi connectivity index (χ4v) is 2.91. The number of carbonyl (C=O) groups excluding carboxylic acids is 2. The van der Waals surface area contributed by atoms with Gasteiger partial charge in [-0.25, -0.2) is 0 Å². The highest BCUT2D eigenvalue weighted by atomic mass is 79.9. The second kappa shape index (κ2) is 7.55. The molecular weight excluding hydrogens is 328 g/mol. The average molecular weight is 353 g/mol. The summed E-state index contributed by atoms with van der Waals surface area (Å²) in [7, 11) is -0.657. The van der Waals surface area contributed by atoms with E-state index in [1.54, 1.807) is 0 Å². The summed E-state index contributed by atoms with van der Waals surface area (Å²) < 4.78 is 10.8. The predicted molar refractivity (Wildman–Crippen MR) is 82.1 cm³/mol. The van der Waals surface area contributed by atoms with Crippen LogP contribution in [0.5, 0.6) is 0 Å². The number of alkyl halides is 1. The Kier molecular flexibility index (Phi) is 7.46. The van der Waals surface area contributed by atoms with Gasteiger partial charge in [-0.1, -0.05) is 36.7 Å². The van der Waals surface area contributed by atoms with Crippen LogP contribution >= 0.6 is 15.9 Å². The molecular formula is C13H25BrO4Si. The van der Waals surface area contributed by atoms with Crippen molar-refractivity contribution in [3.05, 3.63) is 0 Å². The van der Waals surface area contributed by atoms with Crippen LogP contribution < -0.4 is 0 Å². The topological polar surface area (TPSA) is 52.6 Å². The van der Waals surface area contributed by atoms with Gasteiger partial charge in [0.2, 0.25) is 0 Å². The van der Waals surface area contributed by atoms with Gasteiger partial charge in [0.25, 0.3) is 0 Å². The highest BCUT2D eigenvalue weighted by Crippen LogP contribution is 2.38. The van der Waals surface area contributed by atoms with E-state index in [-0.39, 0.29) is 35.0 Å². The molecule has 0 bridgehead atoms. The van der Waals surface area contributed by atoms with Gasteiger partial charge in [0.05, 0.1) is 25.0 Å². The van der Waals surface area contributed by atoms with Crippen LogP contribution in [0.3, 0.4) is 0 Å². The predicted octanol–water partition coefficient (Wildman–Crippen LogP) is 3.29. The lowest BCUT2D eigenvalue weighted by Crippen LogP contribution is -2.45. The van der Waals surface area contributed by atoms with Gasteiger partial charge in [0.15, 0.2) is 8.32 Å². The molecule has 0 rings (SSSR count). The largest absolute Gasteiger partial charge is 0.469 e. The summed E-state index contributed by atoms with van der Waals surface area (Å²) in [4.78, 5) is 23.0. The number of Topliss-reactive ketones (excluding diaryl/α,β-unsaturated/α-hetero) is 1. The number of ether oxygens (including phenoxy) is 1. The van der Waals surface area contributed by atoms with E-state index in [4.69, 9.17) is 4.43 Å². The summed E-state index contributed by atoms with van der Waals surface area (Å²) >= 11 is 3.14. The molecule has 0 unspecified atom stereocenters. The van der Waals surface area contributed by atoms with E-state index in [9.17, 15) is 9.59 Å². The molecule has 0 spiro atoms. The van der Waals surface area contributed by atoms with Gasteiger partial charge in [-0.2, -0.15) is 0 Å². The maximum Gasteiger partial charge on any atom is 0.308 e. The van der Waals surface area contributed by atoms with E-state index in [0.717, 1.165) is 0 Å². The monoisotopic (exact) mass is 352 g/mol. The van der Waals surface area contributed by atoms with Gasteiger partial charge in [-0.15, -0.1) is 0 Å². The Balaban J connectivity index is 4.84. The van der Waals surface area contributed by atoms with E-state index in [2.05, 4.69) is 54.5 Å². The van der Waals surface area contributed by atoms with Crippen LogP contribution in [-0.4, -0.2) is 38.6 Å². The van der Waals surface area contributed by atoms with Crippen molar-refractivity contribution in [3.8, 4) is 0 Å². The van der Waals surface area contributed by atoms with Gasteiger partial charge < -0.3 is 9.16 Å². The standard InChI is InChI=1S/C13H25BrO4Si/c1-13(2,3)19(5,6)18-11(7-10(15)9-14)8-12(16)17-4/h11H,7-9H2,1-6H3/t11-/m1/s1. The summed E-state index contributed by atoms with van der Waals surface area (Å²) in [5, 5.41) is 0.324. The van der Waals surface area contributed by atoms with Crippen molar-refractivity contribution >= 4 is 36.0 Å². The molecule has 0 aromatic carbocycles. The van der Waals surface area contributed by atoms with Crippen molar-refractivity contribution < 1.29 is 18.8 Å². The number of carbonyl (C=O) groups is 2. The molecule has 0 aliphatic heterocycles. The smallest absolute Gasteiger partial charge is 0.308 e. The van der Waals surface area contributed by atoms with Crippen LogP contribution in [0.15, 0.2) is 0 Å². The summed E-state index contributed by atoms with van der Waals surface area (Å²) in [5.41, 5.74) is 0. The molecule has 0 fully saturated rings. The molecule has 0 saturated heterocycles. The Morgan fingerprint density at radius 3 is 2.11 bits per heavy atom. The molecule has 112 valence electrons. The Hall–Kier alpha value is -0.203. The molecule has 0 aromatic rings. The van der Waals surface area contributed by atoms with Crippen molar-refractivity contribution in [2.45, 2.75) is 57.8 Å². The molecule has 0 aromatic heterocycles. The third kappa shape index (κ3) is 6.67. The number of methoxy groups -OCH3 is 1. The van der Waals surface area contributed by atoms with Crippen molar-refractivity contribution in [2.24, 2.45) is 0 Å².